The van der Waals surface area contributed by atoms with Gasteiger partial charge in [0.05, 0.1) is 0 Å². The lowest BCUT2D eigenvalue weighted by Gasteiger charge is -2.45. The first-order chi connectivity index (χ1) is 5.78. The summed E-state index contributed by atoms with van der Waals surface area (Å²) in [6.45, 7) is 7.27. The predicted molar refractivity (Wildman–Crippen MR) is 50.0 cm³/mol. The molecule has 0 aromatic carbocycles. The second kappa shape index (κ2) is 3.32. The van der Waals surface area contributed by atoms with Crippen LogP contribution in [-0.4, -0.2) is 56.1 Å². The van der Waals surface area contributed by atoms with E-state index in [4.69, 9.17) is 5.73 Å². The van der Waals surface area contributed by atoms with Gasteiger partial charge in [-0.1, -0.05) is 0 Å². The number of nitrogens with two attached hydrogens (primary N) is 1. The Balaban J connectivity index is 1.58. The molecular weight excluding hydrogens is 150 g/mol. The number of hydrogen-bond acceptors (Lipinski definition) is 3. The third kappa shape index (κ3) is 1.63. The first-order valence-electron chi connectivity index (χ1n) is 4.89. The summed E-state index contributed by atoms with van der Waals surface area (Å²) < 4.78 is 0. The smallest absolute Gasteiger partial charge is 0.00344 e. The zero-order valence-corrected chi connectivity index (χ0v) is 7.87. The van der Waals surface area contributed by atoms with E-state index in [0.29, 0.717) is 0 Å². The van der Waals surface area contributed by atoms with E-state index in [1.54, 1.807) is 0 Å². The van der Waals surface area contributed by atoms with Crippen molar-refractivity contribution < 1.29 is 0 Å². The molecule has 0 aromatic rings. The van der Waals surface area contributed by atoms with Crippen LogP contribution in [0.4, 0.5) is 0 Å². The molecule has 2 rings (SSSR count). The molecule has 2 fully saturated rings. The molecule has 70 valence electrons. The second-order valence-electron chi connectivity index (χ2n) is 4.41. The van der Waals surface area contributed by atoms with Crippen molar-refractivity contribution in [1.29, 1.82) is 0 Å². The SMILES string of the molecule is CN1CC(CN2CC(CN)C2)C1. The van der Waals surface area contributed by atoms with Gasteiger partial charge in [-0.15, -0.1) is 0 Å². The predicted octanol–water partition coefficient (Wildman–Crippen LogP) is -0.561. The van der Waals surface area contributed by atoms with Gasteiger partial charge in [0.1, 0.15) is 0 Å². The fourth-order valence-electron chi connectivity index (χ4n) is 2.28. The monoisotopic (exact) mass is 169 g/mol. The molecule has 3 heteroatoms. The molecule has 0 amide bonds. The number of hydrogen-bond donors (Lipinski definition) is 1. The summed E-state index contributed by atoms with van der Waals surface area (Å²) in [5.41, 5.74) is 5.56. The van der Waals surface area contributed by atoms with Gasteiger partial charge in [-0.05, 0) is 25.4 Å². The van der Waals surface area contributed by atoms with Crippen LogP contribution in [0.15, 0.2) is 0 Å². The van der Waals surface area contributed by atoms with E-state index in [-0.39, 0.29) is 0 Å². The Morgan fingerprint density at radius 2 is 1.83 bits per heavy atom. The molecule has 3 nitrogen and oxygen atoms in total. The molecule has 0 aliphatic carbocycles. The van der Waals surface area contributed by atoms with Gasteiger partial charge in [0.2, 0.25) is 0 Å². The molecule has 2 N–H and O–H groups in total. The van der Waals surface area contributed by atoms with Gasteiger partial charge in [-0.3, -0.25) is 0 Å². The van der Waals surface area contributed by atoms with E-state index in [1.807, 2.05) is 0 Å². The average molecular weight is 169 g/mol. The summed E-state index contributed by atoms with van der Waals surface area (Å²) >= 11 is 0. The second-order valence-corrected chi connectivity index (χ2v) is 4.41. The molecule has 2 heterocycles. The van der Waals surface area contributed by atoms with Gasteiger partial charge in [0.25, 0.3) is 0 Å². The van der Waals surface area contributed by atoms with Crippen LogP contribution in [0.1, 0.15) is 0 Å². The van der Waals surface area contributed by atoms with Gasteiger partial charge in [0, 0.05) is 32.7 Å². The van der Waals surface area contributed by atoms with Crippen LogP contribution in [0.3, 0.4) is 0 Å². The molecule has 0 radical (unpaired) electrons. The first-order valence-corrected chi connectivity index (χ1v) is 4.89. The van der Waals surface area contributed by atoms with Gasteiger partial charge in [-0.25, -0.2) is 0 Å². The molecule has 12 heavy (non-hydrogen) atoms. The van der Waals surface area contributed by atoms with Crippen LogP contribution in [0.5, 0.6) is 0 Å². The van der Waals surface area contributed by atoms with Crippen LogP contribution in [-0.2, 0) is 0 Å². The van der Waals surface area contributed by atoms with E-state index in [1.165, 1.54) is 32.7 Å². The van der Waals surface area contributed by atoms with Crippen LogP contribution >= 0.6 is 0 Å². The molecule has 0 aromatic heterocycles. The number of likely N-dealkylation sites (tertiary alicyclic amines) is 2. The van der Waals surface area contributed by atoms with Crippen molar-refractivity contribution in [3.8, 4) is 0 Å². The Hall–Kier alpha value is -0.120. The van der Waals surface area contributed by atoms with Gasteiger partial charge in [0.15, 0.2) is 0 Å². The summed E-state index contributed by atoms with van der Waals surface area (Å²) in [5.74, 6) is 1.73. The first kappa shape index (κ1) is 8.48. The lowest BCUT2D eigenvalue weighted by molar-refractivity contribution is 0.0357. The summed E-state index contributed by atoms with van der Waals surface area (Å²) in [4.78, 5) is 4.92. The fraction of sp³-hybridized carbons (Fsp3) is 1.00. The topological polar surface area (TPSA) is 32.5 Å². The maximum Gasteiger partial charge on any atom is 0.00344 e. The highest BCUT2D eigenvalue weighted by Crippen LogP contribution is 2.20. The van der Waals surface area contributed by atoms with Crippen LogP contribution in [0.25, 0.3) is 0 Å². The summed E-state index contributed by atoms with van der Waals surface area (Å²) in [6, 6.07) is 0. The van der Waals surface area contributed by atoms with Gasteiger partial charge < -0.3 is 15.5 Å². The van der Waals surface area contributed by atoms with Crippen LogP contribution in [0, 0.1) is 11.8 Å². The molecule has 0 unspecified atom stereocenters. The Kier molecular flexibility index (Phi) is 2.35. The average Bonchev–Trinajstić information content (AvgIpc) is 1.91. The third-order valence-corrected chi connectivity index (χ3v) is 3.02. The minimum atomic E-state index is 0.794. The fourth-order valence-corrected chi connectivity index (χ4v) is 2.28. The zero-order chi connectivity index (χ0) is 8.55. The molecule has 2 saturated heterocycles. The Labute approximate surface area is 74.5 Å². The van der Waals surface area contributed by atoms with Crippen molar-refractivity contribution in [3.05, 3.63) is 0 Å². The third-order valence-electron chi connectivity index (χ3n) is 3.02. The lowest BCUT2D eigenvalue weighted by Crippen LogP contribution is -2.56. The van der Waals surface area contributed by atoms with Gasteiger partial charge >= 0.3 is 0 Å². The maximum absolute atomic E-state index is 5.56. The molecule has 0 saturated carbocycles. The van der Waals surface area contributed by atoms with E-state index >= 15 is 0 Å². The van der Waals surface area contributed by atoms with Crippen molar-refractivity contribution in [1.82, 2.24) is 9.80 Å². The summed E-state index contributed by atoms with van der Waals surface area (Å²) in [7, 11) is 2.19. The van der Waals surface area contributed by atoms with E-state index in [0.717, 1.165) is 18.4 Å². The maximum atomic E-state index is 5.56. The normalized spacial score (nSPS) is 28.5. The quantitative estimate of drug-likeness (QED) is 0.614. The molecule has 2 aliphatic heterocycles. The molecular formula is C9H19N3. The lowest BCUT2D eigenvalue weighted by atomic mass is 9.95. The number of rotatable bonds is 3. The molecule has 2 aliphatic rings. The summed E-state index contributed by atoms with van der Waals surface area (Å²) in [6.07, 6.45) is 0. The highest BCUT2D eigenvalue weighted by molar-refractivity contribution is 4.86. The highest BCUT2D eigenvalue weighted by Gasteiger charge is 2.31. The highest BCUT2D eigenvalue weighted by atomic mass is 15.2. The van der Waals surface area contributed by atoms with Crippen molar-refractivity contribution in [3.63, 3.8) is 0 Å². The summed E-state index contributed by atoms with van der Waals surface area (Å²) in [5, 5.41) is 0. The van der Waals surface area contributed by atoms with Crippen LogP contribution < -0.4 is 5.73 Å². The molecule has 0 bridgehead atoms. The Morgan fingerprint density at radius 3 is 2.33 bits per heavy atom. The molecule has 0 spiro atoms. The van der Waals surface area contributed by atoms with Crippen molar-refractivity contribution in [2.45, 2.75) is 0 Å². The van der Waals surface area contributed by atoms with Crippen LogP contribution in [0.2, 0.25) is 0 Å². The van der Waals surface area contributed by atoms with Gasteiger partial charge in [-0.2, -0.15) is 0 Å². The number of nitrogens with zero attached hydrogens (tertiary/aromatic N) is 2. The Morgan fingerprint density at radius 1 is 1.17 bits per heavy atom. The largest absolute Gasteiger partial charge is 0.330 e. The van der Waals surface area contributed by atoms with Crippen molar-refractivity contribution in [2.75, 3.05) is 46.3 Å². The van der Waals surface area contributed by atoms with E-state index in [9.17, 15) is 0 Å². The Bertz CT molecular complexity index is 148. The minimum Gasteiger partial charge on any atom is -0.330 e. The van der Waals surface area contributed by atoms with Crippen molar-refractivity contribution in [2.24, 2.45) is 17.6 Å². The van der Waals surface area contributed by atoms with E-state index < -0.39 is 0 Å². The van der Waals surface area contributed by atoms with E-state index in [2.05, 4.69) is 16.8 Å². The standard InChI is InChI=1S/C9H19N3/c1-11-3-9(4-11)7-12-5-8(2-10)6-12/h8-9H,2-7,10H2,1H3. The molecule has 0 atom stereocenters. The zero-order valence-electron chi connectivity index (χ0n) is 7.87. The minimum absolute atomic E-state index is 0.794. The van der Waals surface area contributed by atoms with Crippen molar-refractivity contribution >= 4 is 0 Å².